The quantitative estimate of drug-likeness (QED) is 0.832. The largest absolute Gasteiger partial charge is 0.346 e. The molecule has 1 N–H and O–H groups in total. The number of aromatic amines is 1. The van der Waals surface area contributed by atoms with Crippen molar-refractivity contribution in [1.29, 1.82) is 0 Å². The van der Waals surface area contributed by atoms with Gasteiger partial charge in [0, 0.05) is 18.1 Å². The summed E-state index contributed by atoms with van der Waals surface area (Å²) in [4.78, 5) is 9.13. The third kappa shape index (κ3) is 2.15. The third-order valence-corrected chi connectivity index (χ3v) is 2.41. The van der Waals surface area contributed by atoms with Crippen molar-refractivity contribution in [2.45, 2.75) is 6.42 Å². The minimum atomic E-state index is -0.284. The molecule has 0 bridgehead atoms. The number of rotatable bonds is 3. The molecule has 0 saturated carbocycles. The Morgan fingerprint density at radius 3 is 3.00 bits per heavy atom. The summed E-state index contributed by atoms with van der Waals surface area (Å²) in [5, 5.41) is 0.886. The fourth-order valence-corrected chi connectivity index (χ4v) is 1.58. The van der Waals surface area contributed by atoms with Crippen LogP contribution in [0.4, 0.5) is 4.39 Å². The van der Waals surface area contributed by atoms with Crippen molar-refractivity contribution in [2.24, 2.45) is 0 Å². The Morgan fingerprint density at radius 1 is 1.47 bits per heavy atom. The van der Waals surface area contributed by atoms with Gasteiger partial charge in [0.25, 0.3) is 0 Å². The third-order valence-electron chi connectivity index (χ3n) is 2.41. The molecule has 3 nitrogen and oxygen atoms in total. The number of hydrogen-bond acceptors (Lipinski definition) is 2. The summed E-state index contributed by atoms with van der Waals surface area (Å²) in [7, 11) is 4.04. The maximum absolute atomic E-state index is 13.0. The van der Waals surface area contributed by atoms with Gasteiger partial charge >= 0.3 is 0 Å². The smallest absolute Gasteiger partial charge is 0.142 e. The highest BCUT2D eigenvalue weighted by atomic mass is 19.1. The predicted molar refractivity (Wildman–Crippen MR) is 58.3 cm³/mol. The van der Waals surface area contributed by atoms with Gasteiger partial charge in [-0.1, -0.05) is 0 Å². The molecule has 0 saturated heterocycles. The van der Waals surface area contributed by atoms with Crippen molar-refractivity contribution in [3.8, 4) is 0 Å². The average molecular weight is 207 g/mol. The first kappa shape index (κ1) is 10.1. The van der Waals surface area contributed by atoms with Gasteiger partial charge in [0.2, 0.25) is 0 Å². The fourth-order valence-electron chi connectivity index (χ4n) is 1.58. The summed E-state index contributed by atoms with van der Waals surface area (Å²) in [6, 6.07) is 1.53. The summed E-state index contributed by atoms with van der Waals surface area (Å²) < 4.78 is 13.0. The zero-order chi connectivity index (χ0) is 10.8. The van der Waals surface area contributed by atoms with E-state index in [0.29, 0.717) is 0 Å². The highest BCUT2D eigenvalue weighted by molar-refractivity contribution is 5.79. The van der Waals surface area contributed by atoms with E-state index in [1.54, 1.807) is 0 Å². The summed E-state index contributed by atoms with van der Waals surface area (Å²) in [6.07, 6.45) is 4.04. The Bertz CT molecular complexity index is 462. The first-order valence-corrected chi connectivity index (χ1v) is 4.93. The van der Waals surface area contributed by atoms with Crippen LogP contribution in [0.25, 0.3) is 11.0 Å². The first-order chi connectivity index (χ1) is 7.16. The summed E-state index contributed by atoms with van der Waals surface area (Å²) in [5.74, 6) is -0.284. The van der Waals surface area contributed by atoms with E-state index in [1.165, 1.54) is 12.3 Å². The van der Waals surface area contributed by atoms with Crippen molar-refractivity contribution >= 4 is 11.0 Å². The maximum Gasteiger partial charge on any atom is 0.142 e. The summed E-state index contributed by atoms with van der Waals surface area (Å²) in [6.45, 7) is 0.948. The van der Waals surface area contributed by atoms with E-state index in [4.69, 9.17) is 0 Å². The number of aromatic nitrogens is 2. The van der Waals surface area contributed by atoms with Crippen LogP contribution in [-0.2, 0) is 6.42 Å². The first-order valence-electron chi connectivity index (χ1n) is 4.93. The molecule has 0 radical (unpaired) electrons. The lowest BCUT2D eigenvalue weighted by atomic mass is 10.1. The van der Waals surface area contributed by atoms with Gasteiger partial charge in [-0.2, -0.15) is 0 Å². The van der Waals surface area contributed by atoms with Gasteiger partial charge in [-0.05, 0) is 32.1 Å². The van der Waals surface area contributed by atoms with Crippen LogP contribution in [0.2, 0.25) is 0 Å². The molecule has 2 aromatic rings. The molecule has 0 fully saturated rings. The highest BCUT2D eigenvalue weighted by Gasteiger charge is 2.05. The van der Waals surface area contributed by atoms with Crippen LogP contribution >= 0.6 is 0 Å². The summed E-state index contributed by atoms with van der Waals surface area (Å²) >= 11 is 0. The molecule has 0 aromatic carbocycles. The SMILES string of the molecule is CN(C)CCc1c[nH]c2ncc(F)cc12. The van der Waals surface area contributed by atoms with Crippen molar-refractivity contribution in [3.63, 3.8) is 0 Å². The van der Waals surface area contributed by atoms with Crippen LogP contribution in [-0.4, -0.2) is 35.5 Å². The van der Waals surface area contributed by atoms with Gasteiger partial charge in [-0.15, -0.1) is 0 Å². The van der Waals surface area contributed by atoms with Gasteiger partial charge in [-0.25, -0.2) is 9.37 Å². The molecule has 0 atom stereocenters. The minimum Gasteiger partial charge on any atom is -0.346 e. The maximum atomic E-state index is 13.0. The van der Waals surface area contributed by atoms with Gasteiger partial charge in [0.05, 0.1) is 6.20 Å². The van der Waals surface area contributed by atoms with E-state index < -0.39 is 0 Å². The van der Waals surface area contributed by atoms with Crippen molar-refractivity contribution < 1.29 is 4.39 Å². The Balaban J connectivity index is 2.31. The minimum absolute atomic E-state index is 0.284. The van der Waals surface area contributed by atoms with Crippen LogP contribution in [0.15, 0.2) is 18.5 Å². The number of fused-ring (bicyclic) bond motifs is 1. The Kier molecular flexibility index (Phi) is 2.68. The highest BCUT2D eigenvalue weighted by Crippen LogP contribution is 2.17. The zero-order valence-corrected chi connectivity index (χ0v) is 8.92. The Hall–Kier alpha value is -1.42. The molecule has 2 heterocycles. The zero-order valence-electron chi connectivity index (χ0n) is 8.92. The lowest BCUT2D eigenvalue weighted by molar-refractivity contribution is 0.414. The molecule has 4 heteroatoms. The van der Waals surface area contributed by atoms with Crippen LogP contribution in [0, 0.1) is 5.82 Å². The number of pyridine rings is 1. The average Bonchev–Trinajstić information content (AvgIpc) is 2.57. The van der Waals surface area contributed by atoms with Gasteiger partial charge in [0.15, 0.2) is 0 Å². The number of likely N-dealkylation sites (N-methyl/N-ethyl adjacent to an activating group) is 1. The van der Waals surface area contributed by atoms with E-state index in [1.807, 2.05) is 20.3 Å². The predicted octanol–water partition coefficient (Wildman–Crippen LogP) is 1.81. The number of halogens is 1. The van der Waals surface area contributed by atoms with Crippen molar-refractivity contribution in [1.82, 2.24) is 14.9 Å². The van der Waals surface area contributed by atoms with Crippen LogP contribution in [0.1, 0.15) is 5.56 Å². The van der Waals surface area contributed by atoms with Crippen LogP contribution in [0.3, 0.4) is 0 Å². The molecular formula is C11H14FN3. The normalized spacial score (nSPS) is 11.5. The number of nitrogens with one attached hydrogen (secondary N) is 1. The second-order valence-corrected chi connectivity index (χ2v) is 3.92. The van der Waals surface area contributed by atoms with Gasteiger partial charge < -0.3 is 9.88 Å². The second-order valence-electron chi connectivity index (χ2n) is 3.92. The second kappa shape index (κ2) is 3.98. The lowest BCUT2D eigenvalue weighted by Crippen LogP contribution is -2.14. The van der Waals surface area contributed by atoms with Crippen LogP contribution in [0.5, 0.6) is 0 Å². The molecule has 2 rings (SSSR count). The molecule has 2 aromatic heterocycles. The van der Waals surface area contributed by atoms with Crippen molar-refractivity contribution in [2.75, 3.05) is 20.6 Å². The van der Waals surface area contributed by atoms with E-state index in [-0.39, 0.29) is 5.82 Å². The van der Waals surface area contributed by atoms with E-state index >= 15 is 0 Å². The molecule has 0 aliphatic heterocycles. The molecule has 0 aliphatic rings. The Morgan fingerprint density at radius 2 is 2.27 bits per heavy atom. The van der Waals surface area contributed by atoms with Gasteiger partial charge in [-0.3, -0.25) is 0 Å². The van der Waals surface area contributed by atoms with E-state index in [9.17, 15) is 4.39 Å². The standard InChI is InChI=1S/C11H14FN3/c1-15(2)4-3-8-6-13-11-10(8)5-9(12)7-14-11/h5-7H,3-4H2,1-2H3,(H,13,14). The fraction of sp³-hybridized carbons (Fsp3) is 0.364. The Labute approximate surface area is 87.9 Å². The molecule has 80 valence electrons. The number of H-pyrrole nitrogens is 1. The van der Waals surface area contributed by atoms with Crippen LogP contribution < -0.4 is 0 Å². The monoisotopic (exact) mass is 207 g/mol. The van der Waals surface area contributed by atoms with E-state index in [2.05, 4.69) is 14.9 Å². The number of nitrogens with zero attached hydrogens (tertiary/aromatic N) is 2. The molecule has 15 heavy (non-hydrogen) atoms. The van der Waals surface area contributed by atoms with E-state index in [0.717, 1.165) is 29.6 Å². The topological polar surface area (TPSA) is 31.9 Å². The van der Waals surface area contributed by atoms with Gasteiger partial charge in [0.1, 0.15) is 11.5 Å². The molecule has 0 amide bonds. The van der Waals surface area contributed by atoms with Crippen molar-refractivity contribution in [3.05, 3.63) is 29.8 Å². The molecule has 0 unspecified atom stereocenters. The number of hydrogen-bond donors (Lipinski definition) is 1. The lowest BCUT2D eigenvalue weighted by Gasteiger charge is -2.07. The molecular weight excluding hydrogens is 193 g/mol. The molecule has 0 aliphatic carbocycles. The summed E-state index contributed by atoms with van der Waals surface area (Å²) in [5.41, 5.74) is 1.87. The molecule has 0 spiro atoms.